The summed E-state index contributed by atoms with van der Waals surface area (Å²) in [5.41, 5.74) is 6.62. The number of aliphatic hydroxyl groups excluding tert-OH is 1. The molecule has 0 saturated carbocycles. The van der Waals surface area contributed by atoms with Crippen LogP contribution in [-0.2, 0) is 11.3 Å². The molecule has 0 aromatic carbocycles. The standard InChI is InChI=1S/C14H23N3O2/c1-10(2)7-12(15)13(18)8-14(19)17-9-11-5-3-4-6-16-11/h3-6,10,12-13,18H,7-9,15H2,1-2H3,(H,17,19)/t12-,13-/m0/s1. The van der Waals surface area contributed by atoms with Crippen LogP contribution in [-0.4, -0.2) is 28.1 Å². The van der Waals surface area contributed by atoms with Crippen LogP contribution in [0.3, 0.4) is 0 Å². The lowest BCUT2D eigenvalue weighted by Crippen LogP contribution is -2.39. The molecule has 5 heteroatoms. The van der Waals surface area contributed by atoms with Crippen molar-refractivity contribution < 1.29 is 9.90 Å². The average molecular weight is 265 g/mol. The highest BCUT2D eigenvalue weighted by Gasteiger charge is 2.19. The number of amides is 1. The van der Waals surface area contributed by atoms with Gasteiger partial charge in [0.1, 0.15) is 0 Å². The zero-order valence-electron chi connectivity index (χ0n) is 11.5. The van der Waals surface area contributed by atoms with E-state index < -0.39 is 6.10 Å². The van der Waals surface area contributed by atoms with Gasteiger partial charge in [0, 0.05) is 12.2 Å². The van der Waals surface area contributed by atoms with E-state index in [1.807, 2.05) is 32.0 Å². The zero-order chi connectivity index (χ0) is 14.3. The lowest BCUT2D eigenvalue weighted by Gasteiger charge is -2.20. The van der Waals surface area contributed by atoms with Crippen molar-refractivity contribution in [1.29, 1.82) is 0 Å². The zero-order valence-corrected chi connectivity index (χ0v) is 11.5. The summed E-state index contributed by atoms with van der Waals surface area (Å²) in [5.74, 6) is 0.193. The first kappa shape index (κ1) is 15.6. The fourth-order valence-corrected chi connectivity index (χ4v) is 1.81. The van der Waals surface area contributed by atoms with E-state index in [9.17, 15) is 9.90 Å². The Morgan fingerprint density at radius 2 is 2.21 bits per heavy atom. The molecule has 106 valence electrons. The number of rotatable bonds is 7. The number of hydrogen-bond donors (Lipinski definition) is 3. The Bertz CT molecular complexity index is 382. The van der Waals surface area contributed by atoms with Gasteiger partial charge < -0.3 is 16.2 Å². The fraction of sp³-hybridized carbons (Fsp3) is 0.571. The van der Waals surface area contributed by atoms with Gasteiger partial charge in [0.05, 0.1) is 24.8 Å². The van der Waals surface area contributed by atoms with Crippen molar-refractivity contribution in [1.82, 2.24) is 10.3 Å². The second kappa shape index (κ2) is 7.86. The molecule has 0 radical (unpaired) electrons. The number of nitrogens with two attached hydrogens (primary N) is 1. The summed E-state index contributed by atoms with van der Waals surface area (Å²) >= 11 is 0. The Balaban J connectivity index is 2.31. The van der Waals surface area contributed by atoms with Crippen molar-refractivity contribution in [3.63, 3.8) is 0 Å². The molecule has 1 heterocycles. The van der Waals surface area contributed by atoms with Gasteiger partial charge in [0.25, 0.3) is 0 Å². The maximum atomic E-state index is 11.7. The summed E-state index contributed by atoms with van der Waals surface area (Å²) in [6.07, 6.45) is 1.61. The van der Waals surface area contributed by atoms with Crippen LogP contribution in [0.4, 0.5) is 0 Å². The highest BCUT2D eigenvalue weighted by Crippen LogP contribution is 2.08. The molecular formula is C14H23N3O2. The maximum absolute atomic E-state index is 11.7. The number of nitrogens with one attached hydrogen (secondary N) is 1. The van der Waals surface area contributed by atoms with Gasteiger partial charge in [-0.2, -0.15) is 0 Å². The van der Waals surface area contributed by atoms with Crippen molar-refractivity contribution >= 4 is 5.91 Å². The van der Waals surface area contributed by atoms with Crippen LogP contribution in [0.25, 0.3) is 0 Å². The molecule has 0 fully saturated rings. The van der Waals surface area contributed by atoms with Crippen LogP contribution < -0.4 is 11.1 Å². The molecule has 5 nitrogen and oxygen atoms in total. The predicted octanol–water partition coefficient (Wildman–Crippen LogP) is 0.822. The van der Waals surface area contributed by atoms with Gasteiger partial charge in [0.15, 0.2) is 0 Å². The molecule has 0 aliphatic rings. The van der Waals surface area contributed by atoms with Gasteiger partial charge in [-0.25, -0.2) is 0 Å². The van der Waals surface area contributed by atoms with Gasteiger partial charge in [-0.15, -0.1) is 0 Å². The SMILES string of the molecule is CC(C)C[C@H](N)[C@@H](O)CC(=O)NCc1ccccn1. The second-order valence-corrected chi connectivity index (χ2v) is 5.16. The number of hydrogen-bond acceptors (Lipinski definition) is 4. The van der Waals surface area contributed by atoms with Crippen molar-refractivity contribution in [3.8, 4) is 0 Å². The number of nitrogens with zero attached hydrogens (tertiary/aromatic N) is 1. The highest BCUT2D eigenvalue weighted by atomic mass is 16.3. The third-order valence-electron chi connectivity index (χ3n) is 2.83. The Morgan fingerprint density at radius 1 is 1.47 bits per heavy atom. The largest absolute Gasteiger partial charge is 0.391 e. The molecule has 0 aliphatic carbocycles. The molecule has 1 aromatic rings. The van der Waals surface area contributed by atoms with Crippen LogP contribution in [0.5, 0.6) is 0 Å². The molecule has 1 amide bonds. The van der Waals surface area contributed by atoms with E-state index in [2.05, 4.69) is 10.3 Å². The Kier molecular flexibility index (Phi) is 6.45. The molecule has 1 aromatic heterocycles. The molecule has 0 aliphatic heterocycles. The summed E-state index contributed by atoms with van der Waals surface area (Å²) in [4.78, 5) is 15.8. The molecule has 2 atom stereocenters. The van der Waals surface area contributed by atoms with Crippen molar-refractivity contribution in [2.75, 3.05) is 0 Å². The summed E-state index contributed by atoms with van der Waals surface area (Å²) < 4.78 is 0. The van der Waals surface area contributed by atoms with Crippen molar-refractivity contribution in [3.05, 3.63) is 30.1 Å². The lowest BCUT2D eigenvalue weighted by atomic mass is 9.98. The summed E-state index contributed by atoms with van der Waals surface area (Å²) in [5, 5.41) is 12.6. The van der Waals surface area contributed by atoms with Crippen molar-refractivity contribution in [2.24, 2.45) is 11.7 Å². The third kappa shape index (κ3) is 6.31. The van der Waals surface area contributed by atoms with Gasteiger partial charge in [-0.1, -0.05) is 19.9 Å². The smallest absolute Gasteiger partial charge is 0.222 e. The van der Waals surface area contributed by atoms with E-state index in [1.54, 1.807) is 6.20 Å². The van der Waals surface area contributed by atoms with E-state index in [4.69, 9.17) is 5.73 Å². The molecule has 4 N–H and O–H groups in total. The molecule has 0 saturated heterocycles. The van der Waals surface area contributed by atoms with Gasteiger partial charge in [-0.3, -0.25) is 9.78 Å². The Morgan fingerprint density at radius 3 is 2.79 bits per heavy atom. The summed E-state index contributed by atoms with van der Waals surface area (Å²) in [6.45, 7) is 4.44. The third-order valence-corrected chi connectivity index (χ3v) is 2.83. The van der Waals surface area contributed by atoms with Crippen LogP contribution in [0.1, 0.15) is 32.4 Å². The second-order valence-electron chi connectivity index (χ2n) is 5.16. The average Bonchev–Trinajstić information content (AvgIpc) is 2.36. The first-order valence-corrected chi connectivity index (χ1v) is 6.59. The molecule has 0 unspecified atom stereocenters. The predicted molar refractivity (Wildman–Crippen MR) is 74.1 cm³/mol. The fourth-order valence-electron chi connectivity index (χ4n) is 1.81. The van der Waals surface area contributed by atoms with Crippen LogP contribution >= 0.6 is 0 Å². The topological polar surface area (TPSA) is 88.2 Å². The van der Waals surface area contributed by atoms with E-state index in [0.29, 0.717) is 18.9 Å². The number of carbonyl (C=O) groups is 1. The maximum Gasteiger partial charge on any atom is 0.222 e. The minimum Gasteiger partial charge on any atom is -0.391 e. The number of aliphatic hydroxyl groups is 1. The monoisotopic (exact) mass is 265 g/mol. The number of aromatic nitrogens is 1. The molecule has 0 spiro atoms. The Labute approximate surface area is 114 Å². The van der Waals surface area contributed by atoms with Gasteiger partial charge in [0.2, 0.25) is 5.91 Å². The van der Waals surface area contributed by atoms with Gasteiger partial charge >= 0.3 is 0 Å². The summed E-state index contributed by atoms with van der Waals surface area (Å²) in [6, 6.07) is 5.16. The Hall–Kier alpha value is -1.46. The van der Waals surface area contributed by atoms with Crippen LogP contribution in [0.15, 0.2) is 24.4 Å². The first-order valence-electron chi connectivity index (χ1n) is 6.59. The molecule has 0 bridgehead atoms. The lowest BCUT2D eigenvalue weighted by molar-refractivity contribution is -0.123. The number of pyridine rings is 1. The van der Waals surface area contributed by atoms with Crippen LogP contribution in [0, 0.1) is 5.92 Å². The minimum atomic E-state index is -0.800. The number of carbonyl (C=O) groups excluding carboxylic acids is 1. The van der Waals surface area contributed by atoms with E-state index in [-0.39, 0.29) is 18.4 Å². The van der Waals surface area contributed by atoms with E-state index >= 15 is 0 Å². The summed E-state index contributed by atoms with van der Waals surface area (Å²) in [7, 11) is 0. The highest BCUT2D eigenvalue weighted by molar-refractivity contribution is 5.76. The first-order chi connectivity index (χ1) is 8.99. The molecular weight excluding hydrogens is 242 g/mol. The molecule has 19 heavy (non-hydrogen) atoms. The quantitative estimate of drug-likeness (QED) is 0.681. The normalized spacial score (nSPS) is 14.2. The van der Waals surface area contributed by atoms with Gasteiger partial charge in [-0.05, 0) is 24.5 Å². The minimum absolute atomic E-state index is 0.0285. The molecule has 1 rings (SSSR count). The van der Waals surface area contributed by atoms with Crippen LogP contribution in [0.2, 0.25) is 0 Å². The van der Waals surface area contributed by atoms with Crippen molar-refractivity contribution in [2.45, 2.75) is 45.4 Å². The van der Waals surface area contributed by atoms with E-state index in [0.717, 1.165) is 5.69 Å². The van der Waals surface area contributed by atoms with E-state index in [1.165, 1.54) is 0 Å².